The van der Waals surface area contributed by atoms with Crippen LogP contribution >= 0.6 is 0 Å². The summed E-state index contributed by atoms with van der Waals surface area (Å²) in [6.07, 6.45) is 1.91. The lowest BCUT2D eigenvalue weighted by Gasteiger charge is -2.11. The second-order valence-electron chi connectivity index (χ2n) is 6.07. The number of hydrogen-bond acceptors (Lipinski definition) is 3. The molecule has 0 aliphatic heterocycles. The zero-order valence-corrected chi connectivity index (χ0v) is 14.5. The van der Waals surface area contributed by atoms with Crippen molar-refractivity contribution in [3.05, 3.63) is 72.5 Å². The first-order valence-electron chi connectivity index (χ1n) is 8.66. The Balaban J connectivity index is 1.64. The van der Waals surface area contributed by atoms with Gasteiger partial charge >= 0.3 is 0 Å². The molecule has 1 amide bonds. The SMILES string of the molecule is CCOc1ccccc1NC(=O)Cc1coc2ccc3ccccc3c12. The molecule has 0 unspecified atom stereocenters. The standard InChI is InChI=1S/C22H19NO3/c1-2-25-19-10-6-5-9-18(19)23-21(24)13-16-14-26-20-12-11-15-7-3-4-8-17(15)22(16)20/h3-12,14H,2,13H2,1H3,(H,23,24). The van der Waals surface area contributed by atoms with Gasteiger partial charge in [-0.05, 0) is 35.9 Å². The van der Waals surface area contributed by atoms with Gasteiger partial charge in [-0.15, -0.1) is 0 Å². The van der Waals surface area contributed by atoms with Crippen LogP contribution in [0.15, 0.2) is 71.3 Å². The van der Waals surface area contributed by atoms with Gasteiger partial charge in [-0.1, -0.05) is 42.5 Å². The van der Waals surface area contributed by atoms with E-state index >= 15 is 0 Å². The Labute approximate surface area is 151 Å². The predicted octanol–water partition coefficient (Wildman–Crippen LogP) is 5.17. The first kappa shape index (κ1) is 16.2. The quantitative estimate of drug-likeness (QED) is 0.543. The molecular weight excluding hydrogens is 326 g/mol. The minimum atomic E-state index is -0.104. The van der Waals surface area contributed by atoms with Crippen LogP contribution in [0.1, 0.15) is 12.5 Å². The van der Waals surface area contributed by atoms with Gasteiger partial charge in [-0.2, -0.15) is 0 Å². The maximum Gasteiger partial charge on any atom is 0.229 e. The molecule has 4 heteroatoms. The van der Waals surface area contributed by atoms with Gasteiger partial charge in [0.1, 0.15) is 11.3 Å². The summed E-state index contributed by atoms with van der Waals surface area (Å²) in [5.74, 6) is 0.568. The summed E-state index contributed by atoms with van der Waals surface area (Å²) in [5, 5.41) is 6.16. The highest BCUT2D eigenvalue weighted by Crippen LogP contribution is 2.30. The van der Waals surface area contributed by atoms with Crippen molar-refractivity contribution >= 4 is 33.3 Å². The van der Waals surface area contributed by atoms with Crippen molar-refractivity contribution in [1.82, 2.24) is 0 Å². The highest BCUT2D eigenvalue weighted by Gasteiger charge is 2.14. The second kappa shape index (κ2) is 6.92. The molecule has 0 saturated heterocycles. The summed E-state index contributed by atoms with van der Waals surface area (Å²) >= 11 is 0. The van der Waals surface area contributed by atoms with Crippen molar-refractivity contribution in [3.63, 3.8) is 0 Å². The molecule has 3 aromatic carbocycles. The number of nitrogens with one attached hydrogen (secondary N) is 1. The third-order valence-corrected chi connectivity index (χ3v) is 4.35. The monoisotopic (exact) mass is 345 g/mol. The van der Waals surface area contributed by atoms with Gasteiger partial charge in [0.2, 0.25) is 5.91 Å². The third kappa shape index (κ3) is 3.02. The number of carbonyl (C=O) groups excluding carboxylic acids is 1. The van der Waals surface area contributed by atoms with Gasteiger partial charge in [0, 0.05) is 10.9 Å². The number of amides is 1. The molecule has 0 aliphatic carbocycles. The summed E-state index contributed by atoms with van der Waals surface area (Å²) in [6.45, 7) is 2.46. The molecule has 4 rings (SSSR count). The molecule has 4 nitrogen and oxygen atoms in total. The molecule has 0 atom stereocenters. The topological polar surface area (TPSA) is 51.5 Å². The van der Waals surface area contributed by atoms with E-state index in [0.717, 1.165) is 27.3 Å². The maximum atomic E-state index is 12.6. The van der Waals surface area contributed by atoms with Crippen LogP contribution in [0.25, 0.3) is 21.7 Å². The first-order chi connectivity index (χ1) is 12.8. The van der Waals surface area contributed by atoms with Crippen LogP contribution < -0.4 is 10.1 Å². The fraction of sp³-hybridized carbons (Fsp3) is 0.136. The van der Waals surface area contributed by atoms with Crippen molar-refractivity contribution in [2.75, 3.05) is 11.9 Å². The number of para-hydroxylation sites is 2. The Kier molecular flexibility index (Phi) is 4.32. The molecule has 1 aromatic heterocycles. The van der Waals surface area contributed by atoms with Gasteiger partial charge in [0.15, 0.2) is 0 Å². The fourth-order valence-electron chi connectivity index (χ4n) is 3.22. The number of benzene rings is 3. The predicted molar refractivity (Wildman–Crippen MR) is 104 cm³/mol. The molecule has 4 aromatic rings. The van der Waals surface area contributed by atoms with Crippen molar-refractivity contribution < 1.29 is 13.9 Å². The third-order valence-electron chi connectivity index (χ3n) is 4.35. The Hall–Kier alpha value is -3.27. The van der Waals surface area contributed by atoms with Crippen LogP contribution in [0.4, 0.5) is 5.69 Å². The number of furan rings is 1. The molecule has 0 saturated carbocycles. The zero-order valence-electron chi connectivity index (χ0n) is 14.5. The van der Waals surface area contributed by atoms with Crippen molar-refractivity contribution in [1.29, 1.82) is 0 Å². The molecule has 26 heavy (non-hydrogen) atoms. The van der Waals surface area contributed by atoms with Crippen LogP contribution in [-0.2, 0) is 11.2 Å². The molecule has 1 heterocycles. The fourth-order valence-corrected chi connectivity index (χ4v) is 3.22. The highest BCUT2D eigenvalue weighted by atomic mass is 16.5. The van der Waals surface area contributed by atoms with E-state index in [9.17, 15) is 4.79 Å². The Morgan fingerprint density at radius 2 is 1.85 bits per heavy atom. The number of rotatable bonds is 5. The van der Waals surface area contributed by atoms with Gasteiger partial charge in [0.05, 0.1) is 25.0 Å². The molecule has 130 valence electrons. The van der Waals surface area contributed by atoms with Crippen molar-refractivity contribution in [2.45, 2.75) is 13.3 Å². The van der Waals surface area contributed by atoms with Gasteiger partial charge in [-0.3, -0.25) is 4.79 Å². The van der Waals surface area contributed by atoms with E-state index in [1.54, 1.807) is 6.26 Å². The van der Waals surface area contributed by atoms with E-state index < -0.39 is 0 Å². The highest BCUT2D eigenvalue weighted by molar-refractivity contribution is 6.09. The lowest BCUT2D eigenvalue weighted by atomic mass is 10.0. The first-order valence-corrected chi connectivity index (χ1v) is 8.66. The van der Waals surface area contributed by atoms with E-state index in [0.29, 0.717) is 18.0 Å². The van der Waals surface area contributed by atoms with E-state index in [4.69, 9.17) is 9.15 Å². The van der Waals surface area contributed by atoms with Crippen LogP contribution in [0.2, 0.25) is 0 Å². The number of ether oxygens (including phenoxy) is 1. The molecule has 0 fully saturated rings. The molecular formula is C22H19NO3. The number of carbonyl (C=O) groups is 1. The Morgan fingerprint density at radius 3 is 2.73 bits per heavy atom. The minimum absolute atomic E-state index is 0.104. The van der Waals surface area contributed by atoms with E-state index in [2.05, 4.69) is 17.4 Å². The molecule has 0 spiro atoms. The van der Waals surface area contributed by atoms with Gasteiger partial charge in [-0.25, -0.2) is 0 Å². The second-order valence-corrected chi connectivity index (χ2v) is 6.07. The minimum Gasteiger partial charge on any atom is -0.492 e. The van der Waals surface area contributed by atoms with Crippen LogP contribution in [0.3, 0.4) is 0 Å². The number of fused-ring (bicyclic) bond motifs is 3. The zero-order chi connectivity index (χ0) is 17.9. The molecule has 0 radical (unpaired) electrons. The summed E-state index contributed by atoms with van der Waals surface area (Å²) in [5.41, 5.74) is 2.35. The maximum absolute atomic E-state index is 12.6. The van der Waals surface area contributed by atoms with Crippen molar-refractivity contribution in [2.24, 2.45) is 0 Å². The van der Waals surface area contributed by atoms with Gasteiger partial charge < -0.3 is 14.5 Å². The lowest BCUT2D eigenvalue weighted by Crippen LogP contribution is -2.15. The van der Waals surface area contributed by atoms with Crippen LogP contribution in [-0.4, -0.2) is 12.5 Å². The molecule has 0 bridgehead atoms. The van der Waals surface area contributed by atoms with Crippen LogP contribution in [0.5, 0.6) is 5.75 Å². The van der Waals surface area contributed by atoms with E-state index in [-0.39, 0.29) is 12.3 Å². The summed E-state index contributed by atoms with van der Waals surface area (Å²) in [7, 11) is 0. The van der Waals surface area contributed by atoms with Crippen LogP contribution in [0, 0.1) is 0 Å². The summed E-state index contributed by atoms with van der Waals surface area (Å²) in [6, 6.07) is 19.5. The average molecular weight is 345 g/mol. The summed E-state index contributed by atoms with van der Waals surface area (Å²) in [4.78, 5) is 12.6. The smallest absolute Gasteiger partial charge is 0.229 e. The largest absolute Gasteiger partial charge is 0.492 e. The van der Waals surface area contributed by atoms with Crippen molar-refractivity contribution in [3.8, 4) is 5.75 Å². The Morgan fingerprint density at radius 1 is 1.04 bits per heavy atom. The summed E-state index contributed by atoms with van der Waals surface area (Å²) < 4.78 is 11.2. The normalized spacial score (nSPS) is 11.0. The van der Waals surface area contributed by atoms with Gasteiger partial charge in [0.25, 0.3) is 0 Å². The Bertz CT molecular complexity index is 1080. The lowest BCUT2D eigenvalue weighted by molar-refractivity contribution is -0.115. The number of anilines is 1. The molecule has 0 aliphatic rings. The van der Waals surface area contributed by atoms with E-state index in [1.807, 2.05) is 55.5 Å². The average Bonchev–Trinajstić information content (AvgIpc) is 3.07. The van der Waals surface area contributed by atoms with E-state index in [1.165, 1.54) is 0 Å². The number of hydrogen-bond donors (Lipinski definition) is 1. The molecule has 1 N–H and O–H groups in total.